The van der Waals surface area contributed by atoms with Crippen LogP contribution in [-0.2, 0) is 11.3 Å². The van der Waals surface area contributed by atoms with Crippen LogP contribution in [0.25, 0.3) is 22.2 Å². The number of hydrogen-bond acceptors (Lipinski definition) is 6. The predicted octanol–water partition coefficient (Wildman–Crippen LogP) is 5.91. The molecule has 1 saturated heterocycles. The molecule has 41 heavy (non-hydrogen) atoms. The van der Waals surface area contributed by atoms with Gasteiger partial charge in [-0.3, -0.25) is 4.79 Å². The van der Waals surface area contributed by atoms with E-state index < -0.39 is 11.6 Å². The predicted molar refractivity (Wildman–Crippen MR) is 150 cm³/mol. The van der Waals surface area contributed by atoms with Crippen LogP contribution < -0.4 is 10.5 Å². The molecule has 4 aromatic rings. The van der Waals surface area contributed by atoms with Crippen LogP contribution in [0.2, 0.25) is 0 Å². The molecule has 1 atom stereocenters. The zero-order valence-electron chi connectivity index (χ0n) is 22.5. The lowest BCUT2D eigenvalue weighted by Crippen LogP contribution is -2.39. The number of carbonyl (C=O) groups excluding carboxylic acids is 1. The molecule has 8 nitrogen and oxygen atoms in total. The van der Waals surface area contributed by atoms with Gasteiger partial charge in [0.25, 0.3) is 5.91 Å². The highest BCUT2D eigenvalue weighted by Gasteiger charge is 2.33. The van der Waals surface area contributed by atoms with E-state index in [0.29, 0.717) is 41.6 Å². The number of nitrogen functional groups attached to an aromatic ring is 1. The van der Waals surface area contributed by atoms with Crippen LogP contribution >= 0.6 is 0 Å². The number of fused-ring (bicyclic) bond motifs is 1. The first-order valence-corrected chi connectivity index (χ1v) is 13.6. The van der Waals surface area contributed by atoms with Gasteiger partial charge in [0.2, 0.25) is 0 Å². The number of halogens is 2. The second-order valence-electron chi connectivity index (χ2n) is 10.6. The van der Waals surface area contributed by atoms with E-state index in [4.69, 9.17) is 10.5 Å². The Hall–Kier alpha value is -4.78. The number of benzene rings is 2. The normalized spacial score (nSPS) is 17.2. The number of amides is 1. The minimum absolute atomic E-state index is 0.0582. The number of anilines is 1. The monoisotopic (exact) mass is 554 g/mol. The number of aromatic nitrogens is 3. The van der Waals surface area contributed by atoms with Crippen LogP contribution in [0.15, 0.2) is 60.4 Å². The van der Waals surface area contributed by atoms with Gasteiger partial charge in [0, 0.05) is 42.5 Å². The minimum Gasteiger partial charge on any atom is -0.457 e. The van der Waals surface area contributed by atoms with Gasteiger partial charge in [-0.15, -0.1) is 0 Å². The van der Waals surface area contributed by atoms with Crippen LogP contribution in [0.3, 0.4) is 0 Å². The maximum Gasteiger partial charge on any atom is 0.264 e. The first kappa shape index (κ1) is 26.4. The highest BCUT2D eigenvalue weighted by Crippen LogP contribution is 2.38. The summed E-state index contributed by atoms with van der Waals surface area (Å²) in [6.45, 7) is 3.08. The molecule has 208 valence electrons. The van der Waals surface area contributed by atoms with E-state index in [0.717, 1.165) is 60.7 Å². The number of likely N-dealkylation sites (tertiary alicyclic amines) is 1. The average molecular weight is 555 g/mol. The van der Waals surface area contributed by atoms with E-state index in [1.807, 2.05) is 30.0 Å². The lowest BCUT2D eigenvalue weighted by molar-refractivity contribution is -0.127. The molecule has 2 N–H and O–H groups in total. The Morgan fingerprint density at radius 2 is 1.85 bits per heavy atom. The van der Waals surface area contributed by atoms with Crippen molar-refractivity contribution in [3.63, 3.8) is 0 Å². The fourth-order valence-electron chi connectivity index (χ4n) is 5.61. The second kappa shape index (κ2) is 10.7. The number of hydrogen-bond donors (Lipinski definition) is 1. The van der Waals surface area contributed by atoms with Crippen molar-refractivity contribution < 1.29 is 18.3 Å². The molecule has 0 radical (unpaired) electrons. The summed E-state index contributed by atoms with van der Waals surface area (Å²) in [6, 6.07) is 12.2. The van der Waals surface area contributed by atoms with Crippen molar-refractivity contribution in [1.29, 1.82) is 5.26 Å². The Bertz CT molecular complexity index is 1700. The molecule has 6 rings (SSSR count). The molecule has 0 spiro atoms. The Labute approximate surface area is 235 Å². The van der Waals surface area contributed by atoms with E-state index in [1.54, 1.807) is 12.1 Å². The molecular formula is C31H28F2N6O2. The molecule has 10 heteroatoms. The molecule has 2 aromatic heterocycles. The number of allylic oxidation sites excluding steroid dienone is 1. The van der Waals surface area contributed by atoms with Gasteiger partial charge < -0.3 is 19.9 Å². The van der Waals surface area contributed by atoms with E-state index in [-0.39, 0.29) is 23.3 Å². The summed E-state index contributed by atoms with van der Waals surface area (Å²) in [5.74, 6) is -0.513. The number of ether oxygens (including phenoxy) is 1. The molecule has 0 unspecified atom stereocenters. The highest BCUT2D eigenvalue weighted by molar-refractivity contribution is 6.02. The third-order valence-corrected chi connectivity index (χ3v) is 7.75. The third-order valence-electron chi connectivity index (χ3n) is 7.75. The zero-order valence-corrected chi connectivity index (χ0v) is 22.5. The van der Waals surface area contributed by atoms with Crippen LogP contribution in [0.5, 0.6) is 11.5 Å². The van der Waals surface area contributed by atoms with E-state index in [2.05, 4.69) is 20.6 Å². The van der Waals surface area contributed by atoms with Gasteiger partial charge in [0.15, 0.2) is 0 Å². The molecule has 1 amide bonds. The minimum atomic E-state index is -0.721. The highest BCUT2D eigenvalue weighted by atomic mass is 19.1. The summed E-state index contributed by atoms with van der Waals surface area (Å²) >= 11 is 0. The van der Waals surface area contributed by atoms with Crippen molar-refractivity contribution in [3.8, 4) is 28.7 Å². The molecular weight excluding hydrogens is 526 g/mol. The SMILES string of the molecule is Cc1c(-c2ccc(Oc3cc(F)cc(F)c3)cc2)c2c(N)ncnc2n1C[C@H]1CCCN1C(=O)/C(C#N)=C/C1CC1. The lowest BCUT2D eigenvalue weighted by atomic mass is 10.0. The van der Waals surface area contributed by atoms with Gasteiger partial charge in [0.05, 0.1) is 11.4 Å². The summed E-state index contributed by atoms with van der Waals surface area (Å²) in [5.41, 5.74) is 9.84. The van der Waals surface area contributed by atoms with Gasteiger partial charge in [0.1, 0.15) is 52.6 Å². The summed E-state index contributed by atoms with van der Waals surface area (Å²) in [5, 5.41) is 10.3. The topological polar surface area (TPSA) is 110 Å². The number of nitriles is 1. The maximum absolute atomic E-state index is 13.6. The lowest BCUT2D eigenvalue weighted by Gasteiger charge is -2.25. The maximum atomic E-state index is 13.6. The molecule has 1 aliphatic carbocycles. The number of carbonyl (C=O) groups is 1. The number of rotatable bonds is 7. The van der Waals surface area contributed by atoms with E-state index >= 15 is 0 Å². The van der Waals surface area contributed by atoms with Crippen LogP contribution in [-0.4, -0.2) is 37.9 Å². The quantitative estimate of drug-likeness (QED) is 0.225. The van der Waals surface area contributed by atoms with Gasteiger partial charge in [-0.25, -0.2) is 18.7 Å². The standard InChI is InChI=1S/C31H28F2N6O2/c1-18-27(20-6-8-25(9-7-20)41-26-13-22(32)12-23(33)14-26)28-29(35)36-17-37-30(28)39(18)16-24-3-2-10-38(24)31(40)21(15-34)11-19-4-5-19/h6-9,11-14,17,19,24H,2-5,10,16H2,1H3,(H2,35,36,37)/b21-11+/t24-/m1/s1. The van der Waals surface area contributed by atoms with Crippen molar-refractivity contribution in [2.24, 2.45) is 5.92 Å². The van der Waals surface area contributed by atoms with Crippen molar-refractivity contribution in [2.45, 2.75) is 45.2 Å². The Balaban J connectivity index is 1.32. The summed E-state index contributed by atoms with van der Waals surface area (Å²) in [7, 11) is 0. The first-order valence-electron chi connectivity index (χ1n) is 13.6. The van der Waals surface area contributed by atoms with Gasteiger partial charge in [-0.1, -0.05) is 18.2 Å². The van der Waals surface area contributed by atoms with Crippen LogP contribution in [0.4, 0.5) is 14.6 Å². The molecule has 0 bridgehead atoms. The molecule has 2 aliphatic rings. The number of nitrogens with two attached hydrogens (primary N) is 1. The van der Waals surface area contributed by atoms with Gasteiger partial charge in [-0.05, 0) is 56.2 Å². The average Bonchev–Trinajstić information content (AvgIpc) is 3.57. The van der Waals surface area contributed by atoms with Crippen LogP contribution in [0.1, 0.15) is 31.4 Å². The van der Waals surface area contributed by atoms with E-state index in [1.165, 1.54) is 6.33 Å². The van der Waals surface area contributed by atoms with Crippen molar-refractivity contribution in [3.05, 3.63) is 77.8 Å². The Morgan fingerprint density at radius 1 is 1.12 bits per heavy atom. The fraction of sp³-hybridized carbons (Fsp3) is 0.290. The van der Waals surface area contributed by atoms with E-state index in [9.17, 15) is 18.8 Å². The van der Waals surface area contributed by atoms with Crippen molar-refractivity contribution in [2.75, 3.05) is 12.3 Å². The molecule has 1 aliphatic heterocycles. The molecule has 2 fully saturated rings. The van der Waals surface area contributed by atoms with Gasteiger partial charge >= 0.3 is 0 Å². The number of nitrogens with zero attached hydrogens (tertiary/aromatic N) is 5. The van der Waals surface area contributed by atoms with Crippen molar-refractivity contribution in [1.82, 2.24) is 19.4 Å². The van der Waals surface area contributed by atoms with Crippen LogP contribution in [0, 0.1) is 35.8 Å². The largest absolute Gasteiger partial charge is 0.457 e. The second-order valence-corrected chi connectivity index (χ2v) is 10.6. The zero-order chi connectivity index (χ0) is 28.7. The molecule has 2 aromatic carbocycles. The molecule has 1 saturated carbocycles. The van der Waals surface area contributed by atoms with Crippen molar-refractivity contribution >= 4 is 22.8 Å². The summed E-state index contributed by atoms with van der Waals surface area (Å²) in [6.07, 6.45) is 6.97. The molecule has 3 heterocycles. The third kappa shape index (κ3) is 5.23. The summed E-state index contributed by atoms with van der Waals surface area (Å²) < 4.78 is 34.9. The smallest absolute Gasteiger partial charge is 0.264 e. The fourth-order valence-corrected chi connectivity index (χ4v) is 5.61. The Morgan fingerprint density at radius 3 is 2.54 bits per heavy atom. The Kier molecular flexibility index (Phi) is 6.87. The first-order chi connectivity index (χ1) is 19.8. The summed E-state index contributed by atoms with van der Waals surface area (Å²) in [4.78, 5) is 23.9. The van der Waals surface area contributed by atoms with Gasteiger partial charge in [-0.2, -0.15) is 5.26 Å².